The largest absolute Gasteiger partial charge is 0.416 e. The van der Waals surface area contributed by atoms with Gasteiger partial charge in [0.1, 0.15) is 5.52 Å². The number of nitrogen functional groups attached to an aromatic ring is 1. The Morgan fingerprint density at radius 3 is 2.39 bits per heavy atom. The van der Waals surface area contributed by atoms with Crippen molar-refractivity contribution in [2.24, 2.45) is 5.73 Å². The number of hydrogen-bond donors (Lipinski definition) is 4. The van der Waals surface area contributed by atoms with Crippen LogP contribution < -0.4 is 16.4 Å². The second-order valence-corrected chi connectivity index (χ2v) is 7.18. The number of nitrogens with zero attached hydrogens (tertiary/aromatic N) is 2. The number of aromatic amines is 1. The average molecular weight is 459 g/mol. The molecule has 11 heteroatoms. The minimum absolute atomic E-state index is 0.0213. The first-order chi connectivity index (χ1) is 15.6. The molecule has 7 nitrogen and oxygen atoms in total. The van der Waals surface area contributed by atoms with Crippen LogP contribution in [0.5, 0.6) is 0 Å². The number of halogens is 4. The highest BCUT2D eigenvalue weighted by molar-refractivity contribution is 6.03. The summed E-state index contributed by atoms with van der Waals surface area (Å²) in [4.78, 5) is 13.0. The van der Waals surface area contributed by atoms with Gasteiger partial charge in [-0.3, -0.25) is 10.00 Å². The van der Waals surface area contributed by atoms with E-state index in [0.717, 1.165) is 17.0 Å². The molecule has 170 valence electrons. The zero-order valence-corrected chi connectivity index (χ0v) is 16.8. The van der Waals surface area contributed by atoms with Crippen molar-refractivity contribution in [3.05, 3.63) is 71.5 Å². The Kier molecular flexibility index (Phi) is 5.42. The molecule has 2 amide bonds. The number of hydrogen-bond acceptors (Lipinski definition) is 4. The number of aromatic nitrogens is 2. The van der Waals surface area contributed by atoms with Crippen molar-refractivity contribution in [1.29, 1.82) is 0 Å². The van der Waals surface area contributed by atoms with Gasteiger partial charge in [-0.05, 0) is 47.5 Å². The van der Waals surface area contributed by atoms with E-state index in [1.807, 2.05) is 0 Å². The summed E-state index contributed by atoms with van der Waals surface area (Å²) in [6.45, 7) is -0.559. The summed E-state index contributed by atoms with van der Waals surface area (Å²) in [5.74, 6) is -0.628. The van der Waals surface area contributed by atoms with Gasteiger partial charge in [-0.2, -0.15) is 18.3 Å². The number of anilines is 3. The van der Waals surface area contributed by atoms with Crippen molar-refractivity contribution in [1.82, 2.24) is 10.2 Å². The summed E-state index contributed by atoms with van der Waals surface area (Å²) >= 11 is 0. The standard InChI is InChI=1S/C22H17F4N5O2/c23-18-12(10-32)8-16(17-19(18)29-30-20(17)27)11-4-6-14(7-5-11)31(21(28)33)15-3-1-2-13(9-15)22(24,25)26/h1-9,32H,10H2,(H2,28,33)(H3,27,29,30). The third-order valence-electron chi connectivity index (χ3n) is 5.14. The second kappa shape index (κ2) is 8.10. The molecule has 4 aromatic rings. The maximum Gasteiger partial charge on any atom is 0.416 e. The molecule has 1 heterocycles. The molecular formula is C22H17F4N5O2. The van der Waals surface area contributed by atoms with Gasteiger partial charge in [0.05, 0.1) is 28.9 Å². The number of urea groups is 1. The van der Waals surface area contributed by atoms with E-state index in [1.165, 1.54) is 30.3 Å². The van der Waals surface area contributed by atoms with Gasteiger partial charge in [0, 0.05) is 5.56 Å². The number of fused-ring (bicyclic) bond motifs is 1. The first-order valence-electron chi connectivity index (χ1n) is 9.55. The number of alkyl halides is 3. The monoisotopic (exact) mass is 459 g/mol. The summed E-state index contributed by atoms with van der Waals surface area (Å²) in [6, 6.07) is 10.8. The Balaban J connectivity index is 1.79. The number of H-pyrrole nitrogens is 1. The Labute approximate surface area is 184 Å². The quantitative estimate of drug-likeness (QED) is 0.331. The highest BCUT2D eigenvalue weighted by atomic mass is 19.4. The fourth-order valence-corrected chi connectivity index (χ4v) is 3.62. The summed E-state index contributed by atoms with van der Waals surface area (Å²) in [5.41, 5.74) is 11.6. The highest BCUT2D eigenvalue weighted by Gasteiger charge is 2.31. The normalized spacial score (nSPS) is 11.7. The van der Waals surface area contributed by atoms with E-state index in [0.29, 0.717) is 16.5 Å². The van der Waals surface area contributed by atoms with E-state index in [1.54, 1.807) is 12.1 Å². The van der Waals surface area contributed by atoms with Crippen LogP contribution in [0.15, 0.2) is 54.6 Å². The molecule has 0 spiro atoms. The van der Waals surface area contributed by atoms with Gasteiger partial charge in [-0.15, -0.1) is 0 Å². The zero-order valence-electron chi connectivity index (χ0n) is 16.8. The van der Waals surface area contributed by atoms with E-state index in [9.17, 15) is 27.5 Å². The fraction of sp³-hybridized carbons (Fsp3) is 0.0909. The second-order valence-electron chi connectivity index (χ2n) is 7.18. The van der Waals surface area contributed by atoms with Crippen molar-refractivity contribution < 1.29 is 27.5 Å². The Morgan fingerprint density at radius 2 is 1.79 bits per heavy atom. The first kappa shape index (κ1) is 22.1. The topological polar surface area (TPSA) is 121 Å². The number of carbonyl (C=O) groups excluding carboxylic acids is 1. The highest BCUT2D eigenvalue weighted by Crippen LogP contribution is 2.37. The van der Waals surface area contributed by atoms with Crippen LogP contribution in [0.1, 0.15) is 11.1 Å². The van der Waals surface area contributed by atoms with Crippen molar-refractivity contribution in [2.45, 2.75) is 12.8 Å². The predicted molar refractivity (Wildman–Crippen MR) is 115 cm³/mol. The van der Waals surface area contributed by atoms with Gasteiger partial charge >= 0.3 is 12.2 Å². The molecule has 0 saturated heterocycles. The van der Waals surface area contributed by atoms with E-state index in [-0.39, 0.29) is 28.3 Å². The van der Waals surface area contributed by atoms with Gasteiger partial charge in [0.25, 0.3) is 0 Å². The number of carbonyl (C=O) groups is 1. The minimum Gasteiger partial charge on any atom is -0.392 e. The molecule has 0 aliphatic heterocycles. The van der Waals surface area contributed by atoms with Gasteiger partial charge in [-0.25, -0.2) is 9.18 Å². The molecule has 0 unspecified atom stereocenters. The number of benzene rings is 3. The van der Waals surface area contributed by atoms with E-state index < -0.39 is 30.2 Å². The van der Waals surface area contributed by atoms with Gasteiger partial charge in [0.2, 0.25) is 0 Å². The molecule has 0 fully saturated rings. The molecule has 1 aromatic heterocycles. The molecule has 33 heavy (non-hydrogen) atoms. The Morgan fingerprint density at radius 1 is 1.09 bits per heavy atom. The van der Waals surface area contributed by atoms with Crippen LogP contribution >= 0.6 is 0 Å². The van der Waals surface area contributed by atoms with Crippen molar-refractivity contribution in [3.8, 4) is 11.1 Å². The van der Waals surface area contributed by atoms with E-state index >= 15 is 0 Å². The molecule has 0 saturated carbocycles. The fourth-order valence-electron chi connectivity index (χ4n) is 3.62. The average Bonchev–Trinajstić information content (AvgIpc) is 3.16. The molecule has 4 rings (SSSR count). The summed E-state index contributed by atoms with van der Waals surface area (Å²) in [5, 5.41) is 16.1. The van der Waals surface area contributed by atoms with Crippen LogP contribution in [0, 0.1) is 5.82 Å². The summed E-state index contributed by atoms with van der Waals surface area (Å²) in [6.07, 6.45) is -4.59. The Hall–Kier alpha value is -4.12. The lowest BCUT2D eigenvalue weighted by Gasteiger charge is -2.22. The molecule has 0 bridgehead atoms. The lowest BCUT2D eigenvalue weighted by molar-refractivity contribution is -0.137. The molecule has 6 N–H and O–H groups in total. The lowest BCUT2D eigenvalue weighted by atomic mass is 9.98. The molecule has 0 aliphatic rings. The number of nitrogens with two attached hydrogens (primary N) is 2. The van der Waals surface area contributed by atoms with Crippen LogP contribution in [0.25, 0.3) is 22.0 Å². The number of aliphatic hydroxyl groups is 1. The van der Waals surface area contributed by atoms with Crippen LogP contribution in [0.2, 0.25) is 0 Å². The maximum atomic E-state index is 14.5. The Bertz CT molecular complexity index is 1350. The third kappa shape index (κ3) is 3.94. The SMILES string of the molecule is NC(=O)N(c1ccc(-c2cc(CO)c(F)c3[nH]nc(N)c23)cc1)c1cccc(C(F)(F)F)c1. The molecule has 0 aliphatic carbocycles. The molecular weight excluding hydrogens is 442 g/mol. The van der Waals surface area contributed by atoms with E-state index in [4.69, 9.17) is 11.5 Å². The number of rotatable bonds is 4. The van der Waals surface area contributed by atoms with Gasteiger partial charge in [-0.1, -0.05) is 18.2 Å². The zero-order chi connectivity index (χ0) is 23.9. The molecule has 0 atom stereocenters. The van der Waals surface area contributed by atoms with Gasteiger partial charge in [0.15, 0.2) is 11.6 Å². The van der Waals surface area contributed by atoms with Crippen LogP contribution in [-0.2, 0) is 12.8 Å². The first-order valence-corrected chi connectivity index (χ1v) is 9.55. The smallest absolute Gasteiger partial charge is 0.392 e. The summed E-state index contributed by atoms with van der Waals surface area (Å²) in [7, 11) is 0. The lowest BCUT2D eigenvalue weighted by Crippen LogP contribution is -2.31. The molecule has 3 aromatic carbocycles. The van der Waals surface area contributed by atoms with Crippen molar-refractivity contribution >= 4 is 34.1 Å². The van der Waals surface area contributed by atoms with Crippen LogP contribution in [-0.4, -0.2) is 21.3 Å². The van der Waals surface area contributed by atoms with Crippen LogP contribution in [0.3, 0.4) is 0 Å². The summed E-state index contributed by atoms with van der Waals surface area (Å²) < 4.78 is 53.8. The minimum atomic E-state index is -4.59. The van der Waals surface area contributed by atoms with E-state index in [2.05, 4.69) is 10.2 Å². The number of nitrogens with one attached hydrogen (secondary N) is 1. The van der Waals surface area contributed by atoms with Gasteiger partial charge < -0.3 is 16.6 Å². The third-order valence-corrected chi connectivity index (χ3v) is 5.14. The van der Waals surface area contributed by atoms with Crippen LogP contribution in [0.4, 0.5) is 39.5 Å². The number of primary amides is 1. The maximum absolute atomic E-state index is 14.5. The van der Waals surface area contributed by atoms with Crippen molar-refractivity contribution in [3.63, 3.8) is 0 Å². The van der Waals surface area contributed by atoms with Crippen molar-refractivity contribution in [2.75, 3.05) is 10.6 Å². The number of aliphatic hydroxyl groups excluding tert-OH is 1. The predicted octanol–water partition coefficient (Wildman–Crippen LogP) is 4.68. The molecule has 0 radical (unpaired) electrons. The number of amides is 2.